The van der Waals surface area contributed by atoms with Crippen LogP contribution >= 0.6 is 0 Å². The number of anilines is 2. The second-order valence-corrected chi connectivity index (χ2v) is 17.3. The first-order valence-electron chi connectivity index (χ1n) is 18.9. The van der Waals surface area contributed by atoms with Crippen LogP contribution in [0.3, 0.4) is 0 Å². The van der Waals surface area contributed by atoms with Crippen LogP contribution in [0.5, 0.6) is 5.75 Å². The smallest absolute Gasteiger partial charge is 0.393 e. The van der Waals surface area contributed by atoms with E-state index in [2.05, 4.69) is 15.6 Å². The maximum Gasteiger partial charge on any atom is 0.393 e. The first kappa shape index (κ1) is 42.3. The lowest BCUT2D eigenvalue weighted by Gasteiger charge is -2.24. The van der Waals surface area contributed by atoms with E-state index in [0.717, 1.165) is 41.1 Å². The van der Waals surface area contributed by atoms with Crippen molar-refractivity contribution in [2.75, 3.05) is 29.0 Å². The Hall–Kier alpha value is -5.29. The van der Waals surface area contributed by atoms with Crippen LogP contribution in [-0.4, -0.2) is 65.2 Å². The lowest BCUT2D eigenvalue weighted by molar-refractivity contribution is -0.127. The Balaban J connectivity index is 1.57. The number of nitrogens with one attached hydrogen (secondary N) is 2. The molecular weight excluding hydrogens is 779 g/mol. The number of nitrogens with zero attached hydrogens (tertiary/aromatic N) is 5. The van der Waals surface area contributed by atoms with Gasteiger partial charge in [0, 0.05) is 42.6 Å². The van der Waals surface area contributed by atoms with Crippen LogP contribution in [0.1, 0.15) is 85.9 Å². The average Bonchev–Trinajstić information content (AvgIpc) is 3.54. The van der Waals surface area contributed by atoms with Crippen LogP contribution in [0.15, 0.2) is 60.8 Å². The molecule has 0 spiro atoms. The van der Waals surface area contributed by atoms with Crippen molar-refractivity contribution in [1.82, 2.24) is 25.1 Å². The number of halogens is 4. The molecule has 6 rings (SSSR count). The van der Waals surface area contributed by atoms with Crippen molar-refractivity contribution in [2.24, 2.45) is 0 Å². The number of aryl methyl sites for hydroxylation is 1. The van der Waals surface area contributed by atoms with Gasteiger partial charge in [-0.05, 0) is 94.8 Å². The van der Waals surface area contributed by atoms with Gasteiger partial charge in [0.05, 0.1) is 29.3 Å². The normalized spacial score (nSPS) is 15.0. The van der Waals surface area contributed by atoms with Crippen molar-refractivity contribution in [3.05, 3.63) is 94.6 Å². The Labute approximate surface area is 335 Å². The lowest BCUT2D eigenvalue weighted by atomic mass is 9.99. The minimum atomic E-state index is -4.69. The fourth-order valence-corrected chi connectivity index (χ4v) is 7.81. The number of fused-ring (bicyclic) bond motifs is 1. The summed E-state index contributed by atoms with van der Waals surface area (Å²) in [7, 11) is -3.75. The molecule has 310 valence electrons. The monoisotopic (exact) mass is 825 g/mol. The molecule has 1 saturated heterocycles. The fourth-order valence-electron chi connectivity index (χ4n) is 6.86. The molecule has 4 heterocycles. The van der Waals surface area contributed by atoms with Crippen LogP contribution in [0, 0.1) is 12.7 Å². The molecular formula is C41H47F4N7O5S. The van der Waals surface area contributed by atoms with Crippen LogP contribution in [-0.2, 0) is 34.3 Å². The van der Waals surface area contributed by atoms with Gasteiger partial charge in [0.25, 0.3) is 5.91 Å². The summed E-state index contributed by atoms with van der Waals surface area (Å²) in [5, 5.41) is 11.1. The van der Waals surface area contributed by atoms with Crippen LogP contribution in [0.2, 0.25) is 0 Å². The number of ether oxygens (including phenoxy) is 2. The quantitative estimate of drug-likeness (QED) is 0.112. The standard InChI is InChI=1S/C41H47F4N7O5S/c1-7-51(58(6,54)55)38-28(17-25(2)22-47-38)23-46-37-35-32(52(34-15-11-12-16-56-34)50-36(35)39(53)49-40(3,4)5)20-31(48-37)29-19-30(42)33(18-27(29)21-41(43,44)45)57-24-26-13-9-8-10-14-26/h8-10,13-14,17-20,22,34H,7,11-12,15-16,21,23-24H2,1-6H3,(H,46,48)(H,49,53). The van der Waals surface area contributed by atoms with Gasteiger partial charge in [-0.2, -0.15) is 18.3 Å². The maximum absolute atomic E-state index is 16.0. The van der Waals surface area contributed by atoms with Gasteiger partial charge in [-0.3, -0.25) is 9.10 Å². The molecule has 12 nitrogen and oxygen atoms in total. The first-order valence-corrected chi connectivity index (χ1v) is 20.8. The molecule has 1 aliphatic heterocycles. The second-order valence-electron chi connectivity index (χ2n) is 15.4. The molecule has 0 saturated carbocycles. The Bertz CT molecular complexity index is 2390. The van der Waals surface area contributed by atoms with Crippen molar-refractivity contribution in [1.29, 1.82) is 0 Å². The molecule has 1 fully saturated rings. The minimum absolute atomic E-state index is 0.0269. The van der Waals surface area contributed by atoms with Crippen LogP contribution in [0.25, 0.3) is 22.2 Å². The number of hydrogen-bond donors (Lipinski definition) is 2. The van der Waals surface area contributed by atoms with Crippen molar-refractivity contribution >= 4 is 38.5 Å². The molecule has 1 unspecified atom stereocenters. The molecule has 17 heteroatoms. The predicted octanol–water partition coefficient (Wildman–Crippen LogP) is 8.25. The summed E-state index contributed by atoms with van der Waals surface area (Å²) in [5.41, 5.74) is 0.982. The Morgan fingerprint density at radius 3 is 2.45 bits per heavy atom. The largest absolute Gasteiger partial charge is 0.486 e. The highest BCUT2D eigenvalue weighted by Gasteiger charge is 2.33. The predicted molar refractivity (Wildman–Crippen MR) is 214 cm³/mol. The van der Waals surface area contributed by atoms with E-state index in [0.29, 0.717) is 29.7 Å². The Morgan fingerprint density at radius 1 is 1.07 bits per heavy atom. The number of carbonyl (C=O) groups is 1. The summed E-state index contributed by atoms with van der Waals surface area (Å²) in [6, 6.07) is 14.1. The zero-order chi connectivity index (χ0) is 42.0. The number of alkyl halides is 3. The van der Waals surface area contributed by atoms with E-state index >= 15 is 4.39 Å². The molecule has 1 amide bonds. The van der Waals surface area contributed by atoms with Crippen molar-refractivity contribution in [3.8, 4) is 17.0 Å². The van der Waals surface area contributed by atoms with Gasteiger partial charge in [-0.1, -0.05) is 30.3 Å². The van der Waals surface area contributed by atoms with E-state index in [9.17, 15) is 26.4 Å². The highest BCUT2D eigenvalue weighted by Crippen LogP contribution is 2.39. The number of pyridine rings is 2. The molecule has 3 aromatic heterocycles. The fraction of sp³-hybridized carbons (Fsp3) is 0.415. The molecule has 1 aliphatic rings. The van der Waals surface area contributed by atoms with Gasteiger partial charge in [0.1, 0.15) is 18.2 Å². The van der Waals surface area contributed by atoms with Crippen LogP contribution in [0.4, 0.5) is 29.2 Å². The molecule has 0 bridgehead atoms. The van der Waals surface area contributed by atoms with Crippen molar-refractivity contribution in [3.63, 3.8) is 0 Å². The van der Waals surface area contributed by atoms with Gasteiger partial charge < -0.3 is 20.1 Å². The molecule has 58 heavy (non-hydrogen) atoms. The summed E-state index contributed by atoms with van der Waals surface area (Å²) in [4.78, 5) is 23.2. The SMILES string of the molecule is CCN(c1ncc(C)cc1CNc1nc(-c2cc(F)c(OCc3ccccc3)cc2CC(F)(F)F)cc2c1c(C(=O)NC(C)(C)C)nn2C1CCCCO1)S(C)(=O)=O. The summed E-state index contributed by atoms with van der Waals surface area (Å²) in [5.74, 6) is -1.61. The zero-order valence-electron chi connectivity index (χ0n) is 33.2. The topological polar surface area (TPSA) is 141 Å². The number of benzene rings is 2. The molecule has 2 aromatic carbocycles. The molecule has 0 radical (unpaired) electrons. The van der Waals surface area contributed by atoms with Gasteiger partial charge in [0.15, 0.2) is 23.5 Å². The molecule has 1 atom stereocenters. The van der Waals surface area contributed by atoms with E-state index < -0.39 is 46.1 Å². The Kier molecular flexibility index (Phi) is 12.3. The van der Waals surface area contributed by atoms with Gasteiger partial charge in [0.2, 0.25) is 10.0 Å². The summed E-state index contributed by atoms with van der Waals surface area (Å²) < 4.78 is 98.8. The zero-order valence-corrected chi connectivity index (χ0v) is 34.0. The summed E-state index contributed by atoms with van der Waals surface area (Å²) in [6.45, 7) is 9.23. The highest BCUT2D eigenvalue weighted by molar-refractivity contribution is 7.92. The van der Waals surface area contributed by atoms with E-state index in [4.69, 9.17) is 19.6 Å². The summed E-state index contributed by atoms with van der Waals surface area (Å²) >= 11 is 0. The number of sulfonamides is 1. The Morgan fingerprint density at radius 2 is 1.81 bits per heavy atom. The maximum atomic E-state index is 16.0. The molecule has 0 aliphatic carbocycles. The third-order valence-corrected chi connectivity index (χ3v) is 10.6. The van der Waals surface area contributed by atoms with Gasteiger partial charge in [-0.25, -0.2) is 27.5 Å². The third kappa shape index (κ3) is 10.0. The number of rotatable bonds is 13. The summed E-state index contributed by atoms with van der Waals surface area (Å²) in [6.07, 6.45) is -2.00. The minimum Gasteiger partial charge on any atom is -0.486 e. The van der Waals surface area contributed by atoms with Gasteiger partial charge in [-0.15, -0.1) is 0 Å². The van der Waals surface area contributed by atoms with E-state index in [1.54, 1.807) is 71.0 Å². The second kappa shape index (κ2) is 16.9. The molecule has 5 aromatic rings. The highest BCUT2D eigenvalue weighted by atomic mass is 32.2. The van der Waals surface area contributed by atoms with Gasteiger partial charge >= 0.3 is 6.18 Å². The number of carbonyl (C=O) groups excluding carboxylic acids is 1. The first-order chi connectivity index (χ1) is 27.3. The number of aromatic nitrogens is 4. The van der Waals surface area contributed by atoms with Crippen molar-refractivity contribution in [2.45, 2.75) is 91.4 Å². The van der Waals surface area contributed by atoms with E-state index in [1.807, 2.05) is 0 Å². The lowest BCUT2D eigenvalue weighted by Crippen LogP contribution is -2.41. The van der Waals surface area contributed by atoms with Crippen LogP contribution < -0.4 is 19.7 Å². The van der Waals surface area contributed by atoms with Crippen molar-refractivity contribution < 1.29 is 40.2 Å². The number of hydrogen-bond acceptors (Lipinski definition) is 9. The average molecular weight is 826 g/mol. The molecule has 2 N–H and O–H groups in total. The third-order valence-electron chi connectivity index (χ3n) is 9.33. The van der Waals surface area contributed by atoms with E-state index in [-0.39, 0.29) is 65.0 Å². The van der Waals surface area contributed by atoms with E-state index in [1.165, 1.54) is 16.9 Å². The number of amides is 1.